The second-order valence-corrected chi connectivity index (χ2v) is 7.29. The minimum Gasteiger partial charge on any atom is -0.326 e. The van der Waals surface area contributed by atoms with Crippen LogP contribution in [0.1, 0.15) is 11.8 Å². The van der Waals surface area contributed by atoms with Crippen LogP contribution in [0.15, 0.2) is 66.7 Å². The van der Waals surface area contributed by atoms with Crippen LogP contribution in [0.2, 0.25) is 5.02 Å². The quantitative estimate of drug-likeness (QED) is 0.545. The Kier molecular flexibility index (Phi) is 6.06. The second kappa shape index (κ2) is 8.66. The first-order chi connectivity index (χ1) is 13.0. The Bertz CT molecular complexity index is 996. The fourth-order valence-electron chi connectivity index (χ4n) is 2.43. The third-order valence-electron chi connectivity index (χ3n) is 3.63. The van der Waals surface area contributed by atoms with Crippen LogP contribution < -0.4 is 10.6 Å². The Morgan fingerprint density at radius 2 is 1.78 bits per heavy atom. The summed E-state index contributed by atoms with van der Waals surface area (Å²) in [6.07, 6.45) is 3.24. The van der Waals surface area contributed by atoms with Gasteiger partial charge in [0, 0.05) is 28.4 Å². The number of halogens is 1. The Morgan fingerprint density at radius 1 is 1.00 bits per heavy atom. The van der Waals surface area contributed by atoms with Crippen molar-refractivity contribution in [2.45, 2.75) is 6.92 Å². The maximum absolute atomic E-state index is 12.2. The number of benzene rings is 2. The summed E-state index contributed by atoms with van der Waals surface area (Å²) in [6, 6.07) is 19.0. The van der Waals surface area contributed by atoms with Crippen LogP contribution in [0, 0.1) is 0 Å². The molecule has 6 heteroatoms. The van der Waals surface area contributed by atoms with E-state index < -0.39 is 0 Å². The molecule has 136 valence electrons. The minimum atomic E-state index is -0.279. The average Bonchev–Trinajstić information content (AvgIpc) is 3.12. The van der Waals surface area contributed by atoms with Gasteiger partial charge < -0.3 is 10.6 Å². The summed E-state index contributed by atoms with van der Waals surface area (Å²) in [4.78, 5) is 25.4. The highest BCUT2D eigenvalue weighted by molar-refractivity contribution is 7.16. The van der Waals surface area contributed by atoms with Crippen molar-refractivity contribution in [1.29, 1.82) is 0 Å². The Balaban J connectivity index is 1.64. The number of amides is 2. The zero-order valence-electron chi connectivity index (χ0n) is 14.5. The molecule has 27 heavy (non-hydrogen) atoms. The molecule has 0 fully saturated rings. The van der Waals surface area contributed by atoms with Crippen LogP contribution in [0.4, 0.5) is 11.4 Å². The molecule has 0 atom stereocenters. The standard InChI is InChI=1S/C21H17ClN2O2S/c1-14(25)23-16-7-10-19(18(22)13-16)24-21(26)12-9-17-8-11-20(27-17)15-5-3-2-4-6-15/h2-13H,1H3,(H,23,25)(H,24,26)/b12-9+. The molecule has 0 aliphatic rings. The molecular formula is C21H17ClN2O2S. The van der Waals surface area contributed by atoms with Crippen molar-refractivity contribution < 1.29 is 9.59 Å². The number of hydrogen-bond donors (Lipinski definition) is 2. The molecule has 4 nitrogen and oxygen atoms in total. The number of thiophene rings is 1. The van der Waals surface area contributed by atoms with Gasteiger partial charge in [0.05, 0.1) is 10.7 Å². The zero-order valence-corrected chi connectivity index (χ0v) is 16.1. The van der Waals surface area contributed by atoms with Crippen LogP contribution in [0.3, 0.4) is 0 Å². The summed E-state index contributed by atoms with van der Waals surface area (Å²) in [5, 5.41) is 5.73. The first-order valence-corrected chi connectivity index (χ1v) is 9.42. The van der Waals surface area contributed by atoms with Gasteiger partial charge in [-0.3, -0.25) is 9.59 Å². The van der Waals surface area contributed by atoms with Gasteiger partial charge >= 0.3 is 0 Å². The highest BCUT2D eigenvalue weighted by Gasteiger charge is 2.06. The van der Waals surface area contributed by atoms with Crippen molar-refractivity contribution in [2.24, 2.45) is 0 Å². The van der Waals surface area contributed by atoms with Gasteiger partial charge in [-0.2, -0.15) is 0 Å². The molecule has 2 amide bonds. The van der Waals surface area contributed by atoms with Crippen molar-refractivity contribution in [3.05, 3.63) is 76.6 Å². The first kappa shape index (κ1) is 18.9. The number of hydrogen-bond acceptors (Lipinski definition) is 3. The molecule has 1 heterocycles. The molecule has 2 N–H and O–H groups in total. The fourth-order valence-corrected chi connectivity index (χ4v) is 3.57. The van der Waals surface area contributed by atoms with E-state index in [1.54, 1.807) is 35.6 Å². The maximum atomic E-state index is 12.2. The summed E-state index contributed by atoms with van der Waals surface area (Å²) in [7, 11) is 0. The van der Waals surface area contributed by atoms with E-state index in [0.717, 1.165) is 15.3 Å². The van der Waals surface area contributed by atoms with E-state index in [0.29, 0.717) is 16.4 Å². The fraction of sp³-hybridized carbons (Fsp3) is 0.0476. The van der Waals surface area contributed by atoms with Gasteiger partial charge in [0.1, 0.15) is 0 Å². The molecule has 0 aliphatic carbocycles. The van der Waals surface area contributed by atoms with Gasteiger partial charge in [-0.1, -0.05) is 41.9 Å². The van der Waals surface area contributed by atoms with E-state index in [1.807, 2.05) is 30.3 Å². The predicted molar refractivity (Wildman–Crippen MR) is 113 cm³/mol. The molecule has 0 unspecified atom stereocenters. The molecule has 3 rings (SSSR count). The van der Waals surface area contributed by atoms with E-state index in [4.69, 9.17) is 11.6 Å². The van der Waals surface area contributed by atoms with E-state index in [9.17, 15) is 9.59 Å². The van der Waals surface area contributed by atoms with E-state index in [2.05, 4.69) is 22.8 Å². The first-order valence-electron chi connectivity index (χ1n) is 8.23. The minimum absolute atomic E-state index is 0.184. The molecule has 0 aliphatic heterocycles. The maximum Gasteiger partial charge on any atom is 0.248 e. The van der Waals surface area contributed by atoms with Crippen molar-refractivity contribution in [3.63, 3.8) is 0 Å². The largest absolute Gasteiger partial charge is 0.326 e. The molecule has 3 aromatic rings. The molecule has 0 spiro atoms. The van der Waals surface area contributed by atoms with Crippen LogP contribution in [-0.2, 0) is 9.59 Å². The summed E-state index contributed by atoms with van der Waals surface area (Å²) in [5.74, 6) is -0.463. The van der Waals surface area contributed by atoms with Crippen molar-refractivity contribution in [2.75, 3.05) is 10.6 Å². The molecule has 2 aromatic carbocycles. The molecular weight excluding hydrogens is 380 g/mol. The third kappa shape index (κ3) is 5.29. The number of nitrogens with one attached hydrogen (secondary N) is 2. The van der Waals surface area contributed by atoms with Gasteiger partial charge in [-0.15, -0.1) is 11.3 Å². The molecule has 0 saturated heterocycles. The van der Waals surface area contributed by atoms with Gasteiger partial charge in [0.2, 0.25) is 11.8 Å². The number of rotatable bonds is 5. The van der Waals surface area contributed by atoms with Crippen LogP contribution in [0.5, 0.6) is 0 Å². The highest BCUT2D eigenvalue weighted by atomic mass is 35.5. The van der Waals surface area contributed by atoms with E-state index in [-0.39, 0.29) is 11.8 Å². The van der Waals surface area contributed by atoms with Crippen LogP contribution >= 0.6 is 22.9 Å². The van der Waals surface area contributed by atoms with E-state index in [1.165, 1.54) is 13.0 Å². The lowest BCUT2D eigenvalue weighted by Gasteiger charge is -2.07. The summed E-state index contributed by atoms with van der Waals surface area (Å²) in [5.41, 5.74) is 2.21. The SMILES string of the molecule is CC(=O)Nc1ccc(NC(=O)/C=C/c2ccc(-c3ccccc3)s2)c(Cl)c1. The Labute approximate surface area is 166 Å². The van der Waals surface area contributed by atoms with Crippen LogP contribution in [0.25, 0.3) is 16.5 Å². The Morgan fingerprint density at radius 3 is 2.48 bits per heavy atom. The topological polar surface area (TPSA) is 58.2 Å². The Hall–Kier alpha value is -2.89. The molecule has 0 radical (unpaired) electrons. The lowest BCUT2D eigenvalue weighted by Crippen LogP contribution is -2.09. The van der Waals surface area contributed by atoms with Gasteiger partial charge in [-0.05, 0) is 42.0 Å². The highest BCUT2D eigenvalue weighted by Crippen LogP contribution is 2.29. The molecule has 0 saturated carbocycles. The lowest BCUT2D eigenvalue weighted by molar-refractivity contribution is -0.114. The van der Waals surface area contributed by atoms with E-state index >= 15 is 0 Å². The zero-order chi connectivity index (χ0) is 19.2. The average molecular weight is 397 g/mol. The van der Waals surface area contributed by atoms with Crippen molar-refractivity contribution in [3.8, 4) is 10.4 Å². The summed E-state index contributed by atoms with van der Waals surface area (Å²) >= 11 is 7.77. The normalized spacial score (nSPS) is 10.7. The predicted octanol–water partition coefficient (Wildman–Crippen LogP) is 5.68. The summed E-state index contributed by atoms with van der Waals surface area (Å²) in [6.45, 7) is 1.42. The van der Waals surface area contributed by atoms with Gasteiger partial charge in [0.25, 0.3) is 0 Å². The van der Waals surface area contributed by atoms with Crippen LogP contribution in [-0.4, -0.2) is 11.8 Å². The third-order valence-corrected chi connectivity index (χ3v) is 5.04. The second-order valence-electron chi connectivity index (χ2n) is 5.77. The van der Waals surface area contributed by atoms with Crippen molar-refractivity contribution in [1.82, 2.24) is 0 Å². The number of anilines is 2. The molecule has 1 aromatic heterocycles. The number of carbonyl (C=O) groups excluding carboxylic acids is 2. The monoisotopic (exact) mass is 396 g/mol. The van der Waals surface area contributed by atoms with Gasteiger partial charge in [-0.25, -0.2) is 0 Å². The number of carbonyl (C=O) groups is 2. The smallest absolute Gasteiger partial charge is 0.248 e. The lowest BCUT2D eigenvalue weighted by atomic mass is 10.2. The summed E-state index contributed by atoms with van der Waals surface area (Å²) < 4.78 is 0. The van der Waals surface area contributed by atoms with Crippen molar-refractivity contribution >= 4 is 52.2 Å². The molecule has 0 bridgehead atoms. The van der Waals surface area contributed by atoms with Gasteiger partial charge in [0.15, 0.2) is 0 Å².